The number of rotatable bonds is 7. The first-order valence-electron chi connectivity index (χ1n) is 7.37. The molecule has 0 aromatic heterocycles. The highest BCUT2D eigenvalue weighted by Gasteiger charge is 2.38. The van der Waals surface area contributed by atoms with Crippen LogP contribution in [0.1, 0.15) is 43.7 Å². The molecule has 3 N–H and O–H groups in total. The van der Waals surface area contributed by atoms with Crippen molar-refractivity contribution in [1.29, 1.82) is 5.41 Å². The molecule has 1 aromatic rings. The summed E-state index contributed by atoms with van der Waals surface area (Å²) in [5.41, 5.74) is 7.00. The molecule has 2 aliphatic rings. The molecule has 0 amide bonds. The van der Waals surface area contributed by atoms with Crippen molar-refractivity contribution in [3.05, 3.63) is 35.9 Å². The molecule has 19 heavy (non-hydrogen) atoms. The number of amidine groups is 1. The second-order valence-electron chi connectivity index (χ2n) is 6.03. The van der Waals surface area contributed by atoms with Gasteiger partial charge in [0.25, 0.3) is 0 Å². The van der Waals surface area contributed by atoms with Gasteiger partial charge in [-0.1, -0.05) is 30.3 Å². The summed E-state index contributed by atoms with van der Waals surface area (Å²) in [6.45, 7) is 1.19. The van der Waals surface area contributed by atoms with E-state index < -0.39 is 0 Å². The monoisotopic (exact) mass is 257 g/mol. The molecular weight excluding hydrogens is 234 g/mol. The number of nitrogens with two attached hydrogens (primary N) is 1. The molecule has 3 nitrogen and oxygen atoms in total. The van der Waals surface area contributed by atoms with Gasteiger partial charge >= 0.3 is 0 Å². The molecule has 1 unspecified atom stereocenters. The highest BCUT2D eigenvalue weighted by molar-refractivity contribution is 5.77. The molecule has 0 aliphatic heterocycles. The Hall–Kier alpha value is -1.35. The number of hydrogen-bond acceptors (Lipinski definition) is 2. The van der Waals surface area contributed by atoms with Gasteiger partial charge in [-0.25, -0.2) is 0 Å². The van der Waals surface area contributed by atoms with Gasteiger partial charge in [0.2, 0.25) is 0 Å². The van der Waals surface area contributed by atoms with Crippen LogP contribution in [0.25, 0.3) is 0 Å². The minimum atomic E-state index is 0.298. The van der Waals surface area contributed by atoms with E-state index >= 15 is 0 Å². The number of nitrogens with one attached hydrogen (secondary N) is 1. The van der Waals surface area contributed by atoms with E-state index in [-0.39, 0.29) is 0 Å². The van der Waals surface area contributed by atoms with Crippen LogP contribution < -0.4 is 5.73 Å². The first-order chi connectivity index (χ1) is 9.24. The van der Waals surface area contributed by atoms with Crippen molar-refractivity contribution in [2.45, 2.75) is 44.2 Å². The van der Waals surface area contributed by atoms with Gasteiger partial charge in [-0.3, -0.25) is 10.3 Å². The van der Waals surface area contributed by atoms with E-state index in [0.29, 0.717) is 18.3 Å². The van der Waals surface area contributed by atoms with Crippen LogP contribution in [0.4, 0.5) is 0 Å². The van der Waals surface area contributed by atoms with Crippen molar-refractivity contribution >= 4 is 5.84 Å². The molecule has 1 atom stereocenters. The van der Waals surface area contributed by atoms with Crippen LogP contribution in [0.15, 0.2) is 30.3 Å². The van der Waals surface area contributed by atoms with Gasteiger partial charge in [-0.2, -0.15) is 0 Å². The predicted octanol–water partition coefficient (Wildman–Crippen LogP) is 2.93. The van der Waals surface area contributed by atoms with E-state index in [0.717, 1.165) is 12.0 Å². The van der Waals surface area contributed by atoms with E-state index in [1.54, 1.807) is 0 Å². The van der Waals surface area contributed by atoms with Crippen molar-refractivity contribution in [1.82, 2.24) is 4.90 Å². The third-order valence-electron chi connectivity index (χ3n) is 4.18. The van der Waals surface area contributed by atoms with Gasteiger partial charge < -0.3 is 5.73 Å². The summed E-state index contributed by atoms with van der Waals surface area (Å²) in [5.74, 6) is 1.19. The molecule has 3 heteroatoms. The van der Waals surface area contributed by atoms with Crippen LogP contribution in [0.2, 0.25) is 0 Å². The van der Waals surface area contributed by atoms with Crippen molar-refractivity contribution in [2.75, 3.05) is 6.54 Å². The second-order valence-corrected chi connectivity index (χ2v) is 6.03. The average Bonchev–Trinajstić information content (AvgIpc) is 3.27. The van der Waals surface area contributed by atoms with Gasteiger partial charge in [-0.05, 0) is 37.2 Å². The summed E-state index contributed by atoms with van der Waals surface area (Å²) >= 11 is 0. The maximum absolute atomic E-state index is 7.68. The SMILES string of the molecule is N=C(N)CC(c1ccccc1)N(CC1CC1)C1CC1. The van der Waals surface area contributed by atoms with Gasteiger partial charge in [0.05, 0.1) is 5.84 Å². The average molecular weight is 257 g/mol. The minimum Gasteiger partial charge on any atom is -0.388 e. The molecule has 2 fully saturated rings. The van der Waals surface area contributed by atoms with Crippen LogP contribution in [-0.2, 0) is 0 Å². The lowest BCUT2D eigenvalue weighted by molar-refractivity contribution is 0.182. The highest BCUT2D eigenvalue weighted by Crippen LogP contribution is 2.40. The standard InChI is InChI=1S/C16H23N3/c17-16(18)10-15(13-4-2-1-3-5-13)19(14-8-9-14)11-12-6-7-12/h1-5,12,14-15H,6-11H2,(H3,17,18). The fourth-order valence-electron chi connectivity index (χ4n) is 2.85. The maximum Gasteiger partial charge on any atom is 0.0924 e. The zero-order valence-electron chi connectivity index (χ0n) is 11.4. The predicted molar refractivity (Wildman–Crippen MR) is 78.2 cm³/mol. The highest BCUT2D eigenvalue weighted by atomic mass is 15.2. The largest absolute Gasteiger partial charge is 0.388 e. The number of benzene rings is 1. The van der Waals surface area contributed by atoms with Crippen molar-refractivity contribution in [3.63, 3.8) is 0 Å². The Labute approximate surface area is 115 Å². The van der Waals surface area contributed by atoms with Gasteiger partial charge in [-0.15, -0.1) is 0 Å². The van der Waals surface area contributed by atoms with Crippen molar-refractivity contribution in [3.8, 4) is 0 Å². The fraction of sp³-hybridized carbons (Fsp3) is 0.562. The first kappa shape index (κ1) is 12.7. The lowest BCUT2D eigenvalue weighted by Crippen LogP contribution is -2.35. The molecule has 2 aliphatic carbocycles. The number of nitrogens with zero attached hydrogens (tertiary/aromatic N) is 1. The molecule has 0 heterocycles. The molecular formula is C16H23N3. The molecule has 1 aromatic carbocycles. The molecule has 0 saturated heterocycles. The summed E-state index contributed by atoms with van der Waals surface area (Å²) in [7, 11) is 0. The molecule has 0 spiro atoms. The second kappa shape index (κ2) is 5.33. The van der Waals surface area contributed by atoms with Crippen LogP contribution in [0.3, 0.4) is 0 Å². The van der Waals surface area contributed by atoms with Crippen LogP contribution in [-0.4, -0.2) is 23.3 Å². The lowest BCUT2D eigenvalue weighted by atomic mass is 10.0. The Morgan fingerprint density at radius 1 is 1.21 bits per heavy atom. The lowest BCUT2D eigenvalue weighted by Gasteiger charge is -2.32. The Kier molecular flexibility index (Phi) is 3.56. The van der Waals surface area contributed by atoms with Gasteiger partial charge in [0.1, 0.15) is 0 Å². The third-order valence-corrected chi connectivity index (χ3v) is 4.18. The molecule has 0 bridgehead atoms. The zero-order chi connectivity index (χ0) is 13.2. The summed E-state index contributed by atoms with van der Waals surface area (Å²) in [6.07, 6.45) is 6.05. The Bertz CT molecular complexity index is 435. The van der Waals surface area contributed by atoms with E-state index in [1.165, 1.54) is 37.8 Å². The Morgan fingerprint density at radius 3 is 2.42 bits per heavy atom. The van der Waals surface area contributed by atoms with Gasteiger partial charge in [0, 0.05) is 25.0 Å². The molecule has 3 rings (SSSR count). The normalized spacial score (nSPS) is 20.5. The summed E-state index contributed by atoms with van der Waals surface area (Å²) in [4.78, 5) is 2.62. The van der Waals surface area contributed by atoms with Crippen LogP contribution in [0, 0.1) is 11.3 Å². The topological polar surface area (TPSA) is 53.1 Å². The minimum absolute atomic E-state index is 0.298. The maximum atomic E-state index is 7.68. The van der Waals surface area contributed by atoms with Gasteiger partial charge in [0.15, 0.2) is 0 Å². The number of hydrogen-bond donors (Lipinski definition) is 2. The molecule has 102 valence electrons. The van der Waals surface area contributed by atoms with Crippen molar-refractivity contribution in [2.24, 2.45) is 11.7 Å². The van der Waals surface area contributed by atoms with E-state index in [9.17, 15) is 0 Å². The smallest absolute Gasteiger partial charge is 0.0924 e. The Morgan fingerprint density at radius 2 is 1.89 bits per heavy atom. The zero-order valence-corrected chi connectivity index (χ0v) is 11.4. The van der Waals surface area contributed by atoms with Crippen molar-refractivity contribution < 1.29 is 0 Å². The van der Waals surface area contributed by atoms with Crippen LogP contribution in [0.5, 0.6) is 0 Å². The van der Waals surface area contributed by atoms with E-state index in [4.69, 9.17) is 11.1 Å². The summed E-state index contributed by atoms with van der Waals surface area (Å²) in [6, 6.07) is 11.6. The molecule has 0 radical (unpaired) electrons. The van der Waals surface area contributed by atoms with E-state index in [2.05, 4.69) is 35.2 Å². The quantitative estimate of drug-likeness (QED) is 0.583. The van der Waals surface area contributed by atoms with E-state index in [1.807, 2.05) is 0 Å². The Balaban J connectivity index is 1.80. The first-order valence-corrected chi connectivity index (χ1v) is 7.37. The van der Waals surface area contributed by atoms with Crippen LogP contribution >= 0.6 is 0 Å². The summed E-state index contributed by atoms with van der Waals surface area (Å²) in [5, 5.41) is 7.68. The fourth-order valence-corrected chi connectivity index (χ4v) is 2.85. The summed E-state index contributed by atoms with van der Waals surface area (Å²) < 4.78 is 0. The third kappa shape index (κ3) is 3.35. The molecule has 2 saturated carbocycles.